The second-order valence-corrected chi connectivity index (χ2v) is 7.77. The molecule has 2 unspecified atom stereocenters. The molecule has 2 aliphatic rings. The number of fused-ring (bicyclic) bond motifs is 2. The molecule has 2 aromatic carbocycles. The number of likely N-dealkylation sites (tertiary alicyclic amines) is 1. The van der Waals surface area contributed by atoms with Gasteiger partial charge in [0.25, 0.3) is 0 Å². The van der Waals surface area contributed by atoms with Crippen molar-refractivity contribution in [1.82, 2.24) is 9.80 Å². The van der Waals surface area contributed by atoms with Crippen molar-refractivity contribution in [2.24, 2.45) is 0 Å². The Bertz CT molecular complexity index is 751. The number of hydrogen-bond donors (Lipinski definition) is 1. The van der Waals surface area contributed by atoms with E-state index in [-0.39, 0.29) is 0 Å². The molecule has 4 rings (SSSR count). The zero-order valence-electron chi connectivity index (χ0n) is 15.8. The average Bonchev–Trinajstić information content (AvgIpc) is 2.94. The zero-order valence-corrected chi connectivity index (χ0v) is 15.8. The number of anilines is 1. The number of piperazine rings is 1. The number of hydrogen-bond acceptors (Lipinski definition) is 4. The molecule has 0 aliphatic carbocycles. The van der Waals surface area contributed by atoms with Crippen LogP contribution in [0.15, 0.2) is 54.6 Å². The van der Waals surface area contributed by atoms with Gasteiger partial charge >= 0.3 is 0 Å². The molecular weight excluding hydrogens is 332 g/mol. The molecule has 0 saturated carbocycles. The second kappa shape index (κ2) is 8.56. The summed E-state index contributed by atoms with van der Waals surface area (Å²) in [5.41, 5.74) is 3.24. The van der Waals surface area contributed by atoms with Crippen molar-refractivity contribution in [2.75, 3.05) is 31.5 Å². The Morgan fingerprint density at radius 2 is 1.67 bits per heavy atom. The highest BCUT2D eigenvalue weighted by atomic mass is 15.3. The molecule has 27 heavy (non-hydrogen) atoms. The fourth-order valence-electron chi connectivity index (χ4n) is 4.57. The van der Waals surface area contributed by atoms with Gasteiger partial charge in [0.1, 0.15) is 0 Å². The summed E-state index contributed by atoms with van der Waals surface area (Å²) in [6, 6.07) is 22.2. The fraction of sp³-hybridized carbons (Fsp3) is 0.435. The highest BCUT2D eigenvalue weighted by molar-refractivity contribution is 5.47. The van der Waals surface area contributed by atoms with Gasteiger partial charge in [0.2, 0.25) is 0 Å². The molecule has 4 heteroatoms. The molecule has 0 spiro atoms. The minimum atomic E-state index is 0.713. The van der Waals surface area contributed by atoms with Gasteiger partial charge in [-0.1, -0.05) is 30.3 Å². The number of nitrogens with zero attached hydrogens (tertiary/aromatic N) is 3. The minimum absolute atomic E-state index is 0.713. The quantitative estimate of drug-likeness (QED) is 0.765. The van der Waals surface area contributed by atoms with Crippen LogP contribution in [0.2, 0.25) is 0 Å². The molecule has 0 amide bonds. The van der Waals surface area contributed by atoms with Crippen molar-refractivity contribution in [3.05, 3.63) is 65.7 Å². The number of nitriles is 1. The fourth-order valence-corrected chi connectivity index (χ4v) is 4.57. The van der Waals surface area contributed by atoms with E-state index in [4.69, 9.17) is 5.26 Å². The maximum Gasteiger partial charge on any atom is 0.0991 e. The molecule has 2 heterocycles. The summed E-state index contributed by atoms with van der Waals surface area (Å²) in [4.78, 5) is 5.39. The van der Waals surface area contributed by atoms with Gasteiger partial charge in [-0.25, -0.2) is 0 Å². The first-order valence-corrected chi connectivity index (χ1v) is 10.1. The Hall–Kier alpha value is -2.35. The molecule has 1 N–H and O–H groups in total. The third-order valence-corrected chi connectivity index (χ3v) is 5.89. The highest BCUT2D eigenvalue weighted by Gasteiger charge is 2.39. The lowest BCUT2D eigenvalue weighted by atomic mass is 10.1. The first-order valence-electron chi connectivity index (χ1n) is 10.1. The third-order valence-electron chi connectivity index (χ3n) is 5.89. The summed E-state index contributed by atoms with van der Waals surface area (Å²) in [5, 5.41) is 12.3. The molecule has 2 bridgehead atoms. The van der Waals surface area contributed by atoms with Gasteiger partial charge in [-0.15, -0.1) is 0 Å². The molecule has 2 atom stereocenters. The van der Waals surface area contributed by atoms with E-state index in [1.807, 2.05) is 24.3 Å². The van der Waals surface area contributed by atoms with Gasteiger partial charge in [-0.05, 0) is 49.1 Å². The Balaban J connectivity index is 1.22. The summed E-state index contributed by atoms with van der Waals surface area (Å²) in [5.74, 6) is 0. The standard InChI is InChI=1S/C23H28N4/c24-15-19-7-9-21(10-8-19)25-13-4-14-27-22-11-12-23(27)18-26(17-22)16-20-5-2-1-3-6-20/h1-3,5-10,22-23,25H,4,11-14,16-18H2. The van der Waals surface area contributed by atoms with Crippen LogP contribution in [0.4, 0.5) is 5.69 Å². The maximum atomic E-state index is 8.86. The minimum Gasteiger partial charge on any atom is -0.385 e. The van der Waals surface area contributed by atoms with Gasteiger partial charge in [0.05, 0.1) is 11.6 Å². The van der Waals surface area contributed by atoms with E-state index >= 15 is 0 Å². The van der Waals surface area contributed by atoms with Gasteiger partial charge in [-0.2, -0.15) is 5.26 Å². The number of benzene rings is 2. The molecule has 2 saturated heterocycles. The molecule has 140 valence electrons. The van der Waals surface area contributed by atoms with Crippen LogP contribution in [0.25, 0.3) is 0 Å². The van der Waals surface area contributed by atoms with Crippen LogP contribution in [0.3, 0.4) is 0 Å². The second-order valence-electron chi connectivity index (χ2n) is 7.77. The smallest absolute Gasteiger partial charge is 0.0991 e. The van der Waals surface area contributed by atoms with E-state index in [1.54, 1.807) is 0 Å². The maximum absolute atomic E-state index is 8.86. The summed E-state index contributed by atoms with van der Waals surface area (Å²) in [6.07, 6.45) is 3.85. The van der Waals surface area contributed by atoms with Crippen LogP contribution >= 0.6 is 0 Å². The topological polar surface area (TPSA) is 42.3 Å². The lowest BCUT2D eigenvalue weighted by Gasteiger charge is -2.41. The molecule has 2 aromatic rings. The van der Waals surface area contributed by atoms with Crippen molar-refractivity contribution >= 4 is 5.69 Å². The van der Waals surface area contributed by atoms with E-state index in [0.717, 1.165) is 37.3 Å². The number of rotatable bonds is 7. The van der Waals surface area contributed by atoms with Crippen LogP contribution in [-0.2, 0) is 6.54 Å². The van der Waals surface area contributed by atoms with Crippen molar-refractivity contribution in [3.8, 4) is 6.07 Å². The predicted molar refractivity (Wildman–Crippen MR) is 109 cm³/mol. The van der Waals surface area contributed by atoms with E-state index < -0.39 is 0 Å². The van der Waals surface area contributed by atoms with Crippen LogP contribution in [-0.4, -0.2) is 48.1 Å². The van der Waals surface area contributed by atoms with Crippen LogP contribution in [0.5, 0.6) is 0 Å². The first kappa shape index (κ1) is 18.0. The van der Waals surface area contributed by atoms with Crippen molar-refractivity contribution in [1.29, 1.82) is 5.26 Å². The Kier molecular flexibility index (Phi) is 5.72. The number of nitrogens with one attached hydrogen (secondary N) is 1. The molecule has 0 radical (unpaired) electrons. The van der Waals surface area contributed by atoms with E-state index in [0.29, 0.717) is 5.56 Å². The molecule has 2 fully saturated rings. The Labute approximate surface area is 162 Å². The lowest BCUT2D eigenvalue weighted by Crippen LogP contribution is -2.53. The normalized spacial score (nSPS) is 22.5. The third kappa shape index (κ3) is 4.50. The van der Waals surface area contributed by atoms with Crippen LogP contribution in [0.1, 0.15) is 30.4 Å². The average molecular weight is 361 g/mol. The van der Waals surface area contributed by atoms with Gasteiger partial charge in [-0.3, -0.25) is 9.80 Å². The summed E-state index contributed by atoms with van der Waals surface area (Å²) in [7, 11) is 0. The Morgan fingerprint density at radius 1 is 0.963 bits per heavy atom. The van der Waals surface area contributed by atoms with Crippen molar-refractivity contribution in [3.63, 3.8) is 0 Å². The first-order chi connectivity index (χ1) is 13.3. The van der Waals surface area contributed by atoms with E-state index in [2.05, 4.69) is 51.5 Å². The predicted octanol–water partition coefficient (Wildman–Crippen LogP) is 3.71. The zero-order chi connectivity index (χ0) is 18.5. The summed E-state index contributed by atoms with van der Waals surface area (Å²) in [6.45, 7) is 5.65. The van der Waals surface area contributed by atoms with Crippen LogP contribution < -0.4 is 5.32 Å². The largest absolute Gasteiger partial charge is 0.385 e. The Morgan fingerprint density at radius 3 is 2.33 bits per heavy atom. The molecule has 2 aliphatic heterocycles. The lowest BCUT2D eigenvalue weighted by molar-refractivity contribution is 0.0624. The molecule has 0 aromatic heterocycles. The SMILES string of the molecule is N#Cc1ccc(NCCCN2C3CCC2CN(Cc2ccccc2)C3)cc1. The van der Waals surface area contributed by atoms with Gasteiger partial charge < -0.3 is 5.32 Å². The summed E-state index contributed by atoms with van der Waals surface area (Å²) >= 11 is 0. The monoisotopic (exact) mass is 360 g/mol. The van der Waals surface area contributed by atoms with Crippen molar-refractivity contribution in [2.45, 2.75) is 37.9 Å². The molecule has 4 nitrogen and oxygen atoms in total. The van der Waals surface area contributed by atoms with Crippen molar-refractivity contribution < 1.29 is 0 Å². The van der Waals surface area contributed by atoms with Crippen LogP contribution in [0, 0.1) is 11.3 Å². The van der Waals surface area contributed by atoms with Gasteiger partial charge in [0, 0.05) is 50.5 Å². The molecular formula is C23H28N4. The van der Waals surface area contributed by atoms with E-state index in [9.17, 15) is 0 Å². The highest BCUT2D eigenvalue weighted by Crippen LogP contribution is 2.30. The van der Waals surface area contributed by atoms with E-state index in [1.165, 1.54) is 38.0 Å². The summed E-state index contributed by atoms with van der Waals surface area (Å²) < 4.78 is 0. The van der Waals surface area contributed by atoms with Gasteiger partial charge in [0.15, 0.2) is 0 Å².